The van der Waals surface area contributed by atoms with Crippen molar-refractivity contribution in [2.45, 2.75) is 31.3 Å². The van der Waals surface area contributed by atoms with Crippen LogP contribution in [0, 0.1) is 0 Å². The molecule has 1 N–H and O–H groups in total. The van der Waals surface area contributed by atoms with Crippen LogP contribution >= 0.6 is 11.8 Å². The van der Waals surface area contributed by atoms with Crippen molar-refractivity contribution in [1.29, 1.82) is 0 Å². The summed E-state index contributed by atoms with van der Waals surface area (Å²) in [6.45, 7) is 4.19. The van der Waals surface area contributed by atoms with Crippen molar-refractivity contribution in [2.75, 3.05) is 37.7 Å². The summed E-state index contributed by atoms with van der Waals surface area (Å²) in [5, 5.41) is 3.36. The van der Waals surface area contributed by atoms with E-state index < -0.39 is 0 Å². The number of likely N-dealkylation sites (tertiary alicyclic amines) is 1. The number of nitrogens with zero attached hydrogens (tertiary/aromatic N) is 2. The van der Waals surface area contributed by atoms with E-state index in [9.17, 15) is 4.79 Å². The number of rotatable bonds is 5. The number of hydrogen-bond acceptors (Lipinski definition) is 3. The van der Waals surface area contributed by atoms with E-state index in [1.54, 1.807) is 0 Å². The van der Waals surface area contributed by atoms with Crippen LogP contribution in [0.1, 0.15) is 36.4 Å². The quantitative estimate of drug-likeness (QED) is 0.796. The first-order valence-corrected chi connectivity index (χ1v) is 11.9. The molecule has 2 aliphatic rings. The van der Waals surface area contributed by atoms with Crippen molar-refractivity contribution in [3.8, 4) is 0 Å². The minimum Gasteiger partial charge on any atom is -0.327 e. The van der Waals surface area contributed by atoms with E-state index in [2.05, 4.69) is 39.4 Å². The Morgan fingerprint density at radius 3 is 2.17 bits per heavy atom. The van der Waals surface area contributed by atoms with Crippen LogP contribution in [0.5, 0.6) is 0 Å². The van der Waals surface area contributed by atoms with Gasteiger partial charge in [-0.1, -0.05) is 60.7 Å². The van der Waals surface area contributed by atoms with Crippen molar-refractivity contribution in [3.63, 3.8) is 0 Å². The zero-order chi connectivity index (χ0) is 19.9. The van der Waals surface area contributed by atoms with Crippen LogP contribution in [0.2, 0.25) is 0 Å². The summed E-state index contributed by atoms with van der Waals surface area (Å²) in [6, 6.07) is 20.8. The SMILES string of the molecule is O=C(NC(c1ccccc1)c1ccccc1)N1CCCSCC1CN1CCCC1. The molecule has 5 heteroatoms. The Morgan fingerprint density at radius 1 is 0.931 bits per heavy atom. The largest absolute Gasteiger partial charge is 0.327 e. The van der Waals surface area contributed by atoms with Crippen LogP contribution in [0.15, 0.2) is 60.7 Å². The summed E-state index contributed by atoms with van der Waals surface area (Å²) in [5.74, 6) is 2.17. The second-order valence-corrected chi connectivity index (χ2v) is 9.14. The first-order chi connectivity index (χ1) is 14.3. The summed E-state index contributed by atoms with van der Waals surface area (Å²) in [6.07, 6.45) is 3.64. The summed E-state index contributed by atoms with van der Waals surface area (Å²) < 4.78 is 0. The maximum atomic E-state index is 13.5. The van der Waals surface area contributed by atoms with Gasteiger partial charge in [-0.3, -0.25) is 0 Å². The predicted octanol–water partition coefficient (Wildman–Crippen LogP) is 4.39. The lowest BCUT2D eigenvalue weighted by molar-refractivity contribution is 0.160. The first kappa shape index (κ1) is 20.3. The molecule has 2 aromatic carbocycles. The Balaban J connectivity index is 1.53. The van der Waals surface area contributed by atoms with E-state index in [1.165, 1.54) is 25.9 Å². The molecule has 1 unspecified atom stereocenters. The highest BCUT2D eigenvalue weighted by molar-refractivity contribution is 7.99. The fourth-order valence-electron chi connectivity index (χ4n) is 4.37. The summed E-state index contributed by atoms with van der Waals surface area (Å²) in [5.41, 5.74) is 2.24. The molecule has 0 aromatic heterocycles. The van der Waals surface area contributed by atoms with Gasteiger partial charge < -0.3 is 15.1 Å². The lowest BCUT2D eigenvalue weighted by atomic mass is 9.99. The Morgan fingerprint density at radius 2 is 1.55 bits per heavy atom. The monoisotopic (exact) mass is 409 g/mol. The van der Waals surface area contributed by atoms with Gasteiger partial charge in [0.05, 0.1) is 12.1 Å². The number of urea groups is 1. The van der Waals surface area contributed by atoms with Crippen LogP contribution < -0.4 is 5.32 Å². The Labute approximate surface area is 178 Å². The lowest BCUT2D eigenvalue weighted by Gasteiger charge is -2.34. The van der Waals surface area contributed by atoms with Gasteiger partial charge in [-0.15, -0.1) is 0 Å². The van der Waals surface area contributed by atoms with Crippen molar-refractivity contribution in [2.24, 2.45) is 0 Å². The molecule has 4 nitrogen and oxygen atoms in total. The van der Waals surface area contributed by atoms with Crippen LogP contribution in [0.4, 0.5) is 4.79 Å². The van der Waals surface area contributed by atoms with E-state index in [4.69, 9.17) is 0 Å². The van der Waals surface area contributed by atoms with Gasteiger partial charge in [0, 0.05) is 18.8 Å². The highest BCUT2D eigenvalue weighted by atomic mass is 32.2. The topological polar surface area (TPSA) is 35.6 Å². The third kappa shape index (κ3) is 5.34. The van der Waals surface area contributed by atoms with Gasteiger partial charge >= 0.3 is 6.03 Å². The smallest absolute Gasteiger partial charge is 0.318 e. The van der Waals surface area contributed by atoms with Crippen LogP contribution in [-0.4, -0.2) is 59.6 Å². The first-order valence-electron chi connectivity index (χ1n) is 10.8. The fraction of sp³-hybridized carbons (Fsp3) is 0.458. The third-order valence-corrected chi connectivity index (χ3v) is 7.10. The highest BCUT2D eigenvalue weighted by Crippen LogP contribution is 2.24. The highest BCUT2D eigenvalue weighted by Gasteiger charge is 2.30. The number of benzene rings is 2. The molecule has 2 aromatic rings. The molecular weight excluding hydrogens is 378 g/mol. The molecule has 0 aliphatic carbocycles. The predicted molar refractivity (Wildman–Crippen MR) is 121 cm³/mol. The maximum Gasteiger partial charge on any atom is 0.318 e. The molecule has 4 rings (SSSR count). The molecule has 2 fully saturated rings. The van der Waals surface area contributed by atoms with Crippen molar-refractivity contribution >= 4 is 17.8 Å². The summed E-state index contributed by atoms with van der Waals surface area (Å²) >= 11 is 1.99. The Kier molecular flexibility index (Phi) is 7.12. The van der Waals surface area contributed by atoms with Gasteiger partial charge in [-0.2, -0.15) is 11.8 Å². The third-order valence-electron chi connectivity index (χ3n) is 5.90. The average Bonchev–Trinajstić information content (AvgIpc) is 3.17. The number of amides is 2. The molecular formula is C24H31N3OS. The van der Waals surface area contributed by atoms with Crippen LogP contribution in [0.25, 0.3) is 0 Å². The van der Waals surface area contributed by atoms with E-state index in [0.717, 1.165) is 42.1 Å². The standard InChI is InChI=1S/C24H31N3OS/c28-24(27-16-9-17-29-19-22(27)18-26-14-7-8-15-26)25-23(20-10-3-1-4-11-20)21-12-5-2-6-13-21/h1-6,10-13,22-23H,7-9,14-19H2,(H,25,28). The van der Waals surface area contributed by atoms with Crippen molar-refractivity contribution in [1.82, 2.24) is 15.1 Å². The zero-order valence-corrected chi connectivity index (χ0v) is 17.8. The normalized spacial score (nSPS) is 20.6. The second kappa shape index (κ2) is 10.2. The van der Waals surface area contributed by atoms with Crippen molar-refractivity contribution in [3.05, 3.63) is 71.8 Å². The number of carbonyl (C=O) groups is 1. The van der Waals surface area contributed by atoms with Crippen molar-refractivity contribution < 1.29 is 4.79 Å². The lowest BCUT2D eigenvalue weighted by Crippen LogP contribution is -2.52. The minimum atomic E-state index is -0.131. The summed E-state index contributed by atoms with van der Waals surface area (Å²) in [4.78, 5) is 18.1. The molecule has 154 valence electrons. The van der Waals surface area contributed by atoms with Gasteiger partial charge in [0.1, 0.15) is 0 Å². The zero-order valence-electron chi connectivity index (χ0n) is 17.0. The molecule has 2 heterocycles. The number of nitrogens with one attached hydrogen (secondary N) is 1. The van der Waals surface area contributed by atoms with E-state index >= 15 is 0 Å². The minimum absolute atomic E-state index is 0.0643. The molecule has 29 heavy (non-hydrogen) atoms. The van der Waals surface area contributed by atoms with Gasteiger partial charge in [-0.05, 0) is 49.2 Å². The average molecular weight is 410 g/mol. The Bertz CT molecular complexity index is 725. The van der Waals surface area contributed by atoms with Gasteiger partial charge in [0.25, 0.3) is 0 Å². The number of thioether (sulfide) groups is 1. The van der Waals surface area contributed by atoms with Gasteiger partial charge in [0.2, 0.25) is 0 Å². The molecule has 0 saturated carbocycles. The maximum absolute atomic E-state index is 13.5. The molecule has 2 saturated heterocycles. The number of hydrogen-bond donors (Lipinski definition) is 1. The fourth-order valence-corrected chi connectivity index (χ4v) is 5.42. The molecule has 0 radical (unpaired) electrons. The second-order valence-electron chi connectivity index (χ2n) is 7.99. The van der Waals surface area contributed by atoms with Gasteiger partial charge in [-0.25, -0.2) is 4.79 Å². The van der Waals surface area contributed by atoms with E-state index in [0.29, 0.717) is 0 Å². The number of carbonyl (C=O) groups excluding carboxylic acids is 1. The molecule has 0 bridgehead atoms. The summed E-state index contributed by atoms with van der Waals surface area (Å²) in [7, 11) is 0. The van der Waals surface area contributed by atoms with Gasteiger partial charge in [0.15, 0.2) is 0 Å². The molecule has 1 atom stereocenters. The van der Waals surface area contributed by atoms with E-state index in [-0.39, 0.29) is 18.1 Å². The van der Waals surface area contributed by atoms with Crippen LogP contribution in [-0.2, 0) is 0 Å². The van der Waals surface area contributed by atoms with Crippen LogP contribution in [0.3, 0.4) is 0 Å². The molecule has 2 aliphatic heterocycles. The Hall–Kier alpha value is -1.98. The molecule has 0 spiro atoms. The molecule has 2 amide bonds. The van der Waals surface area contributed by atoms with E-state index in [1.807, 2.05) is 48.2 Å².